The van der Waals surface area contributed by atoms with Gasteiger partial charge < -0.3 is 21.5 Å². The van der Waals surface area contributed by atoms with Gasteiger partial charge in [-0.1, -0.05) is 36.4 Å². The number of benzene rings is 3. The molecule has 0 bridgehead atoms. The number of nitrogens with one attached hydrogen (secondary N) is 3. The molecule has 7 nitrogen and oxygen atoms in total. The third-order valence-electron chi connectivity index (χ3n) is 5.38. The van der Waals surface area contributed by atoms with Crippen molar-refractivity contribution >= 4 is 34.1 Å². The van der Waals surface area contributed by atoms with Gasteiger partial charge in [0.2, 0.25) is 11.8 Å². The predicted molar refractivity (Wildman–Crippen MR) is 126 cm³/mol. The third kappa shape index (κ3) is 5.70. The Bertz CT molecular complexity index is 1110. The highest BCUT2D eigenvalue weighted by molar-refractivity contribution is 6.06. The van der Waals surface area contributed by atoms with E-state index in [9.17, 15) is 14.7 Å². The van der Waals surface area contributed by atoms with Crippen LogP contribution in [0.15, 0.2) is 66.7 Å². The first-order valence-corrected chi connectivity index (χ1v) is 10.5. The molecule has 0 aromatic heterocycles. The van der Waals surface area contributed by atoms with Crippen molar-refractivity contribution in [1.29, 1.82) is 5.41 Å². The van der Waals surface area contributed by atoms with E-state index in [2.05, 4.69) is 10.6 Å². The van der Waals surface area contributed by atoms with E-state index in [0.717, 1.165) is 16.3 Å². The van der Waals surface area contributed by atoms with Gasteiger partial charge in [-0.05, 0) is 66.4 Å². The lowest BCUT2D eigenvalue weighted by molar-refractivity contribution is -0.133. The van der Waals surface area contributed by atoms with Crippen molar-refractivity contribution in [1.82, 2.24) is 5.32 Å². The first kappa shape index (κ1) is 23.0. The van der Waals surface area contributed by atoms with Crippen LogP contribution >= 0.6 is 0 Å². The zero-order chi connectivity index (χ0) is 23.1. The molecule has 0 spiro atoms. The lowest BCUT2D eigenvalue weighted by atomic mass is 9.98. The average molecular weight is 433 g/mol. The molecule has 0 saturated carbocycles. The Morgan fingerprint density at radius 1 is 1.00 bits per heavy atom. The minimum absolute atomic E-state index is 0.0641. The first-order valence-electron chi connectivity index (χ1n) is 10.5. The van der Waals surface area contributed by atoms with Gasteiger partial charge in [-0.3, -0.25) is 15.0 Å². The van der Waals surface area contributed by atoms with Crippen LogP contribution < -0.4 is 16.4 Å². The highest BCUT2D eigenvalue weighted by Gasteiger charge is 2.27. The van der Waals surface area contributed by atoms with E-state index in [1.807, 2.05) is 49.4 Å². The molecule has 0 radical (unpaired) electrons. The van der Waals surface area contributed by atoms with Crippen LogP contribution in [0.5, 0.6) is 0 Å². The van der Waals surface area contributed by atoms with Gasteiger partial charge in [0, 0.05) is 17.9 Å². The fourth-order valence-corrected chi connectivity index (χ4v) is 3.51. The van der Waals surface area contributed by atoms with Crippen molar-refractivity contribution in [2.75, 3.05) is 11.9 Å². The molecule has 1 unspecified atom stereocenters. The number of anilines is 1. The maximum absolute atomic E-state index is 13.0. The minimum Gasteiger partial charge on any atom is -0.396 e. The molecule has 0 saturated heterocycles. The Hall–Kier alpha value is -3.71. The molecule has 2 amide bonds. The second-order valence-corrected chi connectivity index (χ2v) is 7.74. The standard InChI is InChI=1S/C25H28N4O3/c1-16(19-9-8-17-5-2-3-6-20(17)15-19)28-24(31)22(7-4-14-30)25(32)29-21-12-10-18(11-13-21)23(26)27/h2-3,5-6,8-13,15-16,22,30H,4,7,14H2,1H3,(H3,26,27)(H,28,31)(H,29,32)/t16-,22?/m0/s1. The van der Waals surface area contributed by atoms with E-state index in [0.29, 0.717) is 17.7 Å². The van der Waals surface area contributed by atoms with Crippen LogP contribution in [0.3, 0.4) is 0 Å². The summed E-state index contributed by atoms with van der Waals surface area (Å²) in [4.78, 5) is 25.8. The summed E-state index contributed by atoms with van der Waals surface area (Å²) in [6, 6.07) is 20.2. The second kappa shape index (κ2) is 10.5. The van der Waals surface area contributed by atoms with Crippen LogP contribution in [0.2, 0.25) is 0 Å². The normalized spacial score (nSPS) is 12.7. The van der Waals surface area contributed by atoms with Crippen LogP contribution in [-0.4, -0.2) is 29.4 Å². The fraction of sp³-hybridized carbons (Fsp3) is 0.240. The van der Waals surface area contributed by atoms with Gasteiger partial charge in [0.1, 0.15) is 11.8 Å². The third-order valence-corrected chi connectivity index (χ3v) is 5.38. The van der Waals surface area contributed by atoms with Gasteiger partial charge >= 0.3 is 0 Å². The van der Waals surface area contributed by atoms with E-state index in [-0.39, 0.29) is 24.9 Å². The number of nitrogens with two attached hydrogens (primary N) is 1. The van der Waals surface area contributed by atoms with Crippen molar-refractivity contribution in [2.24, 2.45) is 11.7 Å². The fourth-order valence-electron chi connectivity index (χ4n) is 3.51. The Morgan fingerprint density at radius 2 is 1.69 bits per heavy atom. The number of aliphatic hydroxyl groups is 1. The number of hydrogen-bond donors (Lipinski definition) is 5. The molecule has 3 rings (SSSR count). The molecule has 32 heavy (non-hydrogen) atoms. The van der Waals surface area contributed by atoms with Crippen molar-refractivity contribution in [3.05, 3.63) is 77.9 Å². The number of rotatable bonds is 9. The molecule has 3 aromatic rings. The van der Waals surface area contributed by atoms with Gasteiger partial charge in [0.15, 0.2) is 0 Å². The quantitative estimate of drug-likeness (QED) is 0.202. The van der Waals surface area contributed by atoms with Gasteiger partial charge in [0.05, 0.1) is 6.04 Å². The highest BCUT2D eigenvalue weighted by Crippen LogP contribution is 2.21. The molecule has 0 heterocycles. The molecule has 0 aliphatic carbocycles. The summed E-state index contributed by atoms with van der Waals surface area (Å²) < 4.78 is 0. The van der Waals surface area contributed by atoms with Crippen molar-refractivity contribution in [3.8, 4) is 0 Å². The summed E-state index contributed by atoms with van der Waals surface area (Å²) in [5, 5.41) is 24.5. The molecule has 6 N–H and O–H groups in total. The largest absolute Gasteiger partial charge is 0.396 e. The molecular formula is C25H28N4O3. The lowest BCUT2D eigenvalue weighted by Gasteiger charge is -2.20. The maximum Gasteiger partial charge on any atom is 0.236 e. The predicted octanol–water partition coefficient (Wildman–Crippen LogP) is 3.33. The zero-order valence-electron chi connectivity index (χ0n) is 18.0. The number of hydrogen-bond acceptors (Lipinski definition) is 4. The van der Waals surface area contributed by atoms with Crippen LogP contribution in [0, 0.1) is 11.3 Å². The van der Waals surface area contributed by atoms with E-state index in [1.165, 1.54) is 0 Å². The Labute approximate surface area is 187 Å². The number of fused-ring (bicyclic) bond motifs is 1. The van der Waals surface area contributed by atoms with E-state index in [1.54, 1.807) is 24.3 Å². The summed E-state index contributed by atoms with van der Waals surface area (Å²) in [7, 11) is 0. The van der Waals surface area contributed by atoms with Gasteiger partial charge in [0.25, 0.3) is 0 Å². The van der Waals surface area contributed by atoms with Gasteiger partial charge in [-0.2, -0.15) is 0 Å². The van der Waals surface area contributed by atoms with E-state index >= 15 is 0 Å². The minimum atomic E-state index is -0.947. The molecule has 0 aliphatic heterocycles. The summed E-state index contributed by atoms with van der Waals surface area (Å²) in [6.45, 7) is 1.77. The molecule has 0 aliphatic rings. The monoisotopic (exact) mass is 432 g/mol. The smallest absolute Gasteiger partial charge is 0.236 e. The molecule has 7 heteroatoms. The van der Waals surface area contributed by atoms with Crippen LogP contribution in [-0.2, 0) is 9.59 Å². The lowest BCUT2D eigenvalue weighted by Crippen LogP contribution is -2.39. The van der Waals surface area contributed by atoms with Crippen LogP contribution in [0.25, 0.3) is 10.8 Å². The summed E-state index contributed by atoms with van der Waals surface area (Å²) in [6.07, 6.45) is 0.559. The molecule has 3 aromatic carbocycles. The molecule has 2 atom stereocenters. The number of carbonyl (C=O) groups excluding carboxylic acids is 2. The molecular weight excluding hydrogens is 404 g/mol. The van der Waals surface area contributed by atoms with Crippen molar-refractivity contribution in [2.45, 2.75) is 25.8 Å². The number of amidine groups is 1. The second-order valence-electron chi connectivity index (χ2n) is 7.74. The van der Waals surface area contributed by atoms with Crippen LogP contribution in [0.1, 0.15) is 36.9 Å². The van der Waals surface area contributed by atoms with Crippen LogP contribution in [0.4, 0.5) is 5.69 Å². The summed E-state index contributed by atoms with van der Waals surface area (Å²) >= 11 is 0. The number of aliphatic hydroxyl groups excluding tert-OH is 1. The first-order chi connectivity index (χ1) is 15.4. The summed E-state index contributed by atoms with van der Waals surface area (Å²) in [5.74, 6) is -1.85. The number of amides is 2. The average Bonchev–Trinajstić information content (AvgIpc) is 2.79. The Morgan fingerprint density at radius 3 is 2.34 bits per heavy atom. The van der Waals surface area contributed by atoms with Crippen molar-refractivity contribution in [3.63, 3.8) is 0 Å². The molecule has 166 valence electrons. The molecule has 0 fully saturated rings. The SMILES string of the molecule is C[C@H](NC(=O)C(CCCO)C(=O)Nc1ccc(C(=N)N)cc1)c1ccc2ccccc2c1. The van der Waals surface area contributed by atoms with Crippen molar-refractivity contribution < 1.29 is 14.7 Å². The topological polar surface area (TPSA) is 128 Å². The van der Waals surface area contributed by atoms with Gasteiger partial charge in [-0.15, -0.1) is 0 Å². The zero-order valence-corrected chi connectivity index (χ0v) is 18.0. The maximum atomic E-state index is 13.0. The summed E-state index contributed by atoms with van der Waals surface area (Å²) in [5.41, 5.74) is 7.44. The Balaban J connectivity index is 1.71. The van der Waals surface area contributed by atoms with E-state index in [4.69, 9.17) is 11.1 Å². The number of nitrogen functional groups attached to an aromatic ring is 1. The highest BCUT2D eigenvalue weighted by atomic mass is 16.3. The Kier molecular flexibility index (Phi) is 7.57. The van der Waals surface area contributed by atoms with Gasteiger partial charge in [-0.25, -0.2) is 0 Å². The number of carbonyl (C=O) groups is 2. The van der Waals surface area contributed by atoms with E-state index < -0.39 is 17.7 Å².